The Bertz CT molecular complexity index is 513. The van der Waals surface area contributed by atoms with Crippen molar-refractivity contribution < 1.29 is 27.1 Å². The maximum absolute atomic E-state index is 13.3. The topological polar surface area (TPSA) is 64.3 Å². The number of ether oxygens (including phenoxy) is 1. The van der Waals surface area contributed by atoms with Crippen molar-refractivity contribution in [1.29, 1.82) is 0 Å². The molecule has 1 aromatic carbocycles. The SMILES string of the molecule is CNC(C)(CCCOc1c(F)c(F)cc(F)c1F)C(N)=O. The molecule has 1 aromatic rings. The number of carbonyl (C=O) groups is 1. The van der Waals surface area contributed by atoms with Crippen LogP contribution in [0.4, 0.5) is 17.6 Å². The molecule has 4 nitrogen and oxygen atoms in total. The van der Waals surface area contributed by atoms with Crippen molar-refractivity contribution in [2.75, 3.05) is 13.7 Å². The van der Waals surface area contributed by atoms with Gasteiger partial charge in [-0.25, -0.2) is 8.78 Å². The fourth-order valence-electron chi connectivity index (χ4n) is 1.65. The number of nitrogens with two attached hydrogens (primary N) is 1. The smallest absolute Gasteiger partial charge is 0.237 e. The van der Waals surface area contributed by atoms with Gasteiger partial charge in [-0.1, -0.05) is 0 Å². The van der Waals surface area contributed by atoms with Crippen molar-refractivity contribution in [3.8, 4) is 5.75 Å². The van der Waals surface area contributed by atoms with Crippen molar-refractivity contribution in [1.82, 2.24) is 5.32 Å². The molecular formula is C13H16F4N2O2. The Morgan fingerprint density at radius 3 is 2.24 bits per heavy atom. The summed E-state index contributed by atoms with van der Waals surface area (Å²) in [6.07, 6.45) is 0.414. The van der Waals surface area contributed by atoms with Gasteiger partial charge in [-0.15, -0.1) is 0 Å². The van der Waals surface area contributed by atoms with Crippen molar-refractivity contribution in [3.63, 3.8) is 0 Å². The van der Waals surface area contributed by atoms with Gasteiger partial charge in [0.25, 0.3) is 0 Å². The molecule has 3 N–H and O–H groups in total. The summed E-state index contributed by atoms with van der Waals surface area (Å²) < 4.78 is 57.2. The highest BCUT2D eigenvalue weighted by molar-refractivity contribution is 5.84. The molecule has 8 heteroatoms. The Morgan fingerprint density at radius 1 is 1.29 bits per heavy atom. The van der Waals surface area contributed by atoms with E-state index < -0.39 is 40.5 Å². The van der Waals surface area contributed by atoms with E-state index in [0.717, 1.165) is 0 Å². The normalized spacial score (nSPS) is 13.8. The molecule has 0 saturated heterocycles. The van der Waals surface area contributed by atoms with Gasteiger partial charge in [-0.3, -0.25) is 4.79 Å². The number of amides is 1. The summed E-state index contributed by atoms with van der Waals surface area (Å²) in [4.78, 5) is 11.2. The second-order valence-corrected chi connectivity index (χ2v) is 4.70. The van der Waals surface area contributed by atoms with Crippen LogP contribution in [0.3, 0.4) is 0 Å². The second kappa shape index (κ2) is 6.75. The first-order valence-electron chi connectivity index (χ1n) is 6.17. The number of likely N-dealkylation sites (N-methyl/N-ethyl adjacent to an activating group) is 1. The van der Waals surface area contributed by atoms with E-state index in [1.54, 1.807) is 6.92 Å². The van der Waals surface area contributed by atoms with Gasteiger partial charge in [0.15, 0.2) is 17.4 Å². The molecule has 1 unspecified atom stereocenters. The zero-order valence-electron chi connectivity index (χ0n) is 11.6. The van der Waals surface area contributed by atoms with E-state index in [2.05, 4.69) is 5.32 Å². The molecule has 0 aromatic heterocycles. The van der Waals surface area contributed by atoms with Crippen LogP contribution in [0.2, 0.25) is 0 Å². The van der Waals surface area contributed by atoms with Crippen molar-refractivity contribution in [2.45, 2.75) is 25.3 Å². The Labute approximate surface area is 119 Å². The first-order chi connectivity index (χ1) is 9.73. The average Bonchev–Trinajstić information content (AvgIpc) is 2.43. The molecule has 0 aliphatic heterocycles. The van der Waals surface area contributed by atoms with Crippen LogP contribution in [0.5, 0.6) is 5.75 Å². The van der Waals surface area contributed by atoms with Crippen LogP contribution in [0.25, 0.3) is 0 Å². The van der Waals surface area contributed by atoms with Crippen LogP contribution in [0.1, 0.15) is 19.8 Å². The van der Waals surface area contributed by atoms with E-state index in [9.17, 15) is 22.4 Å². The molecule has 0 aliphatic rings. The van der Waals surface area contributed by atoms with Gasteiger partial charge in [0.05, 0.1) is 12.1 Å². The lowest BCUT2D eigenvalue weighted by molar-refractivity contribution is -0.123. The lowest BCUT2D eigenvalue weighted by Crippen LogP contribution is -2.51. The van der Waals surface area contributed by atoms with Gasteiger partial charge in [0.2, 0.25) is 17.5 Å². The van der Waals surface area contributed by atoms with Crippen LogP contribution in [-0.2, 0) is 4.79 Å². The third-order valence-corrected chi connectivity index (χ3v) is 3.23. The second-order valence-electron chi connectivity index (χ2n) is 4.70. The molecule has 1 rings (SSSR count). The van der Waals surface area contributed by atoms with E-state index >= 15 is 0 Å². The number of hydrogen-bond acceptors (Lipinski definition) is 3. The van der Waals surface area contributed by atoms with Crippen LogP contribution < -0.4 is 15.8 Å². The molecule has 21 heavy (non-hydrogen) atoms. The molecular weight excluding hydrogens is 292 g/mol. The molecule has 1 amide bonds. The average molecular weight is 308 g/mol. The number of benzene rings is 1. The fourth-order valence-corrected chi connectivity index (χ4v) is 1.65. The number of carbonyl (C=O) groups excluding carboxylic acids is 1. The summed E-state index contributed by atoms with van der Waals surface area (Å²) in [5.74, 6) is -7.99. The lowest BCUT2D eigenvalue weighted by atomic mass is 9.95. The molecule has 0 saturated carbocycles. The third-order valence-electron chi connectivity index (χ3n) is 3.23. The minimum absolute atomic E-state index is 0.0999. The van der Waals surface area contributed by atoms with Gasteiger partial charge >= 0.3 is 0 Å². The monoisotopic (exact) mass is 308 g/mol. The third kappa shape index (κ3) is 3.84. The van der Waals surface area contributed by atoms with Crippen LogP contribution in [0, 0.1) is 23.3 Å². The van der Waals surface area contributed by atoms with Gasteiger partial charge in [-0.05, 0) is 26.8 Å². The van der Waals surface area contributed by atoms with Crippen LogP contribution in [-0.4, -0.2) is 25.1 Å². The van der Waals surface area contributed by atoms with Crippen LogP contribution in [0.15, 0.2) is 6.07 Å². The molecule has 0 spiro atoms. The molecule has 118 valence electrons. The summed E-state index contributed by atoms with van der Waals surface area (Å²) in [7, 11) is 1.53. The molecule has 0 aliphatic carbocycles. The van der Waals surface area contributed by atoms with Gasteiger partial charge in [0.1, 0.15) is 0 Å². The van der Waals surface area contributed by atoms with Gasteiger partial charge in [0, 0.05) is 6.07 Å². The first kappa shape index (κ1) is 17.2. The minimum Gasteiger partial charge on any atom is -0.487 e. The van der Waals surface area contributed by atoms with E-state index in [1.165, 1.54) is 7.05 Å². The maximum atomic E-state index is 13.3. The molecule has 0 fully saturated rings. The highest BCUT2D eigenvalue weighted by Gasteiger charge is 2.28. The Hall–Kier alpha value is -1.83. The fraction of sp³-hybridized carbons (Fsp3) is 0.462. The number of rotatable bonds is 7. The van der Waals surface area contributed by atoms with E-state index in [1.807, 2.05) is 0 Å². The molecule has 0 bridgehead atoms. The van der Waals surface area contributed by atoms with Gasteiger partial charge < -0.3 is 15.8 Å². The zero-order chi connectivity index (χ0) is 16.2. The summed E-state index contributed by atoms with van der Waals surface area (Å²) in [5, 5.41) is 2.72. The predicted molar refractivity (Wildman–Crippen MR) is 67.7 cm³/mol. The van der Waals surface area contributed by atoms with E-state index in [0.29, 0.717) is 0 Å². The standard InChI is InChI=1S/C13H16F4N2O2/c1-13(19-2,12(18)20)4-3-5-21-11-9(16)7(14)6-8(15)10(11)17/h6,19H,3-5H2,1-2H3,(H2,18,20). The predicted octanol–water partition coefficient (Wildman–Crippen LogP) is 1.87. The first-order valence-corrected chi connectivity index (χ1v) is 6.17. The van der Waals surface area contributed by atoms with Gasteiger partial charge in [-0.2, -0.15) is 8.78 Å². The summed E-state index contributed by atoms with van der Waals surface area (Å²) in [6, 6.07) is 0.0999. The summed E-state index contributed by atoms with van der Waals surface area (Å²) in [6.45, 7) is 1.32. The molecule has 1 atom stereocenters. The molecule has 0 heterocycles. The lowest BCUT2D eigenvalue weighted by Gasteiger charge is -2.25. The van der Waals surface area contributed by atoms with Crippen molar-refractivity contribution in [2.24, 2.45) is 5.73 Å². The highest BCUT2D eigenvalue weighted by Crippen LogP contribution is 2.26. The summed E-state index contributed by atoms with van der Waals surface area (Å²) in [5.41, 5.74) is 4.20. The van der Waals surface area contributed by atoms with Crippen molar-refractivity contribution in [3.05, 3.63) is 29.3 Å². The molecule has 0 radical (unpaired) electrons. The zero-order valence-corrected chi connectivity index (χ0v) is 11.6. The van der Waals surface area contributed by atoms with E-state index in [-0.39, 0.29) is 25.5 Å². The van der Waals surface area contributed by atoms with Crippen LogP contribution >= 0.6 is 0 Å². The Balaban J connectivity index is 2.68. The quantitative estimate of drug-likeness (QED) is 0.459. The number of halogens is 4. The highest BCUT2D eigenvalue weighted by atomic mass is 19.2. The Kier molecular flexibility index (Phi) is 5.54. The summed E-state index contributed by atoms with van der Waals surface area (Å²) >= 11 is 0. The Morgan fingerprint density at radius 2 is 1.81 bits per heavy atom. The maximum Gasteiger partial charge on any atom is 0.237 e. The minimum atomic E-state index is -1.60. The number of hydrogen-bond donors (Lipinski definition) is 2. The largest absolute Gasteiger partial charge is 0.487 e. The van der Waals surface area contributed by atoms with Crippen molar-refractivity contribution >= 4 is 5.91 Å². The number of primary amides is 1. The number of nitrogens with one attached hydrogen (secondary N) is 1. The van der Waals surface area contributed by atoms with E-state index in [4.69, 9.17) is 10.5 Å².